The molecule has 1 amide bonds. The Morgan fingerprint density at radius 2 is 1.59 bits per heavy atom. The van der Waals surface area contributed by atoms with Crippen molar-refractivity contribution in [2.75, 3.05) is 35.4 Å². The van der Waals surface area contributed by atoms with E-state index in [1.807, 2.05) is 0 Å². The second-order valence-corrected chi connectivity index (χ2v) is 8.62. The van der Waals surface area contributed by atoms with E-state index in [0.717, 1.165) is 9.87 Å². The first kappa shape index (κ1) is 22.5. The molecular weight excluding hydrogens is 396 g/mol. The number of sulfonamides is 1. The smallest absolute Gasteiger partial charge is 0.251 e. The van der Waals surface area contributed by atoms with E-state index in [1.165, 1.54) is 53.6 Å². The zero-order chi connectivity index (χ0) is 21.8. The molecule has 1 N–H and O–H groups in total. The second-order valence-electron chi connectivity index (χ2n) is 6.47. The van der Waals surface area contributed by atoms with Gasteiger partial charge in [0.1, 0.15) is 0 Å². The molecular formula is C20H26N2O6S. The molecule has 8 nitrogen and oxygen atoms in total. The number of carbonyl (C=O) groups is 1. The molecule has 9 heteroatoms. The predicted molar refractivity (Wildman–Crippen MR) is 109 cm³/mol. The third kappa shape index (κ3) is 4.80. The minimum atomic E-state index is -3.63. The van der Waals surface area contributed by atoms with Crippen molar-refractivity contribution in [1.29, 1.82) is 0 Å². The molecule has 0 aromatic heterocycles. The summed E-state index contributed by atoms with van der Waals surface area (Å²) in [4.78, 5) is 12.8. The molecule has 0 fully saturated rings. The summed E-state index contributed by atoms with van der Waals surface area (Å²) >= 11 is 0. The van der Waals surface area contributed by atoms with Gasteiger partial charge in [-0.2, -0.15) is 0 Å². The van der Waals surface area contributed by atoms with Crippen LogP contribution < -0.4 is 19.5 Å². The van der Waals surface area contributed by atoms with Crippen molar-refractivity contribution in [2.45, 2.75) is 17.9 Å². The molecule has 0 heterocycles. The first-order valence-electron chi connectivity index (χ1n) is 8.79. The van der Waals surface area contributed by atoms with Crippen molar-refractivity contribution < 1.29 is 27.4 Å². The van der Waals surface area contributed by atoms with Gasteiger partial charge in [-0.05, 0) is 42.8 Å². The predicted octanol–water partition coefficient (Wildman–Crippen LogP) is 2.45. The van der Waals surface area contributed by atoms with Gasteiger partial charge in [-0.25, -0.2) is 12.7 Å². The van der Waals surface area contributed by atoms with Gasteiger partial charge in [-0.1, -0.05) is 6.07 Å². The molecule has 2 aromatic carbocycles. The Labute approximate surface area is 171 Å². The normalized spacial score (nSPS) is 12.4. The van der Waals surface area contributed by atoms with Crippen LogP contribution in [0.5, 0.6) is 17.2 Å². The van der Waals surface area contributed by atoms with Crippen molar-refractivity contribution in [3.63, 3.8) is 0 Å². The molecule has 0 aliphatic rings. The van der Waals surface area contributed by atoms with Crippen LogP contribution >= 0.6 is 0 Å². The Balaban J connectivity index is 2.30. The second kappa shape index (κ2) is 9.15. The van der Waals surface area contributed by atoms with Gasteiger partial charge in [0.15, 0.2) is 11.5 Å². The quantitative estimate of drug-likeness (QED) is 0.702. The van der Waals surface area contributed by atoms with E-state index in [2.05, 4.69) is 5.32 Å². The minimum Gasteiger partial charge on any atom is -0.493 e. The monoisotopic (exact) mass is 422 g/mol. The minimum absolute atomic E-state index is 0.0515. The molecule has 0 saturated carbocycles. The summed E-state index contributed by atoms with van der Waals surface area (Å²) in [5.74, 6) is 1.00. The molecule has 0 saturated heterocycles. The summed E-state index contributed by atoms with van der Waals surface area (Å²) in [5.41, 5.74) is 0.983. The van der Waals surface area contributed by atoms with E-state index in [4.69, 9.17) is 14.2 Å². The van der Waals surface area contributed by atoms with Crippen molar-refractivity contribution >= 4 is 15.9 Å². The molecule has 0 radical (unpaired) electrons. The van der Waals surface area contributed by atoms with E-state index in [9.17, 15) is 13.2 Å². The van der Waals surface area contributed by atoms with Crippen molar-refractivity contribution in [3.8, 4) is 17.2 Å². The molecule has 2 rings (SSSR count). The van der Waals surface area contributed by atoms with Gasteiger partial charge in [0, 0.05) is 19.7 Å². The maximum Gasteiger partial charge on any atom is 0.251 e. The standard InChI is InChI=1S/C20H26N2O6S/c1-13(15-11-17(26-4)19(28-6)18(12-15)27-5)21-20(23)14-8-7-9-16(10-14)29(24,25)22(2)3/h7-13H,1-6H3,(H,21,23). The fourth-order valence-electron chi connectivity index (χ4n) is 2.72. The van der Waals surface area contributed by atoms with Gasteiger partial charge in [0.2, 0.25) is 15.8 Å². The molecule has 158 valence electrons. The molecule has 2 aromatic rings. The van der Waals surface area contributed by atoms with Crippen molar-refractivity contribution in [1.82, 2.24) is 9.62 Å². The van der Waals surface area contributed by atoms with Gasteiger partial charge < -0.3 is 19.5 Å². The molecule has 0 bridgehead atoms. The highest BCUT2D eigenvalue weighted by Crippen LogP contribution is 2.39. The number of nitrogens with one attached hydrogen (secondary N) is 1. The summed E-state index contributed by atoms with van der Waals surface area (Å²) in [6, 6.07) is 9.01. The van der Waals surface area contributed by atoms with Crippen LogP contribution in [0, 0.1) is 0 Å². The Morgan fingerprint density at radius 3 is 2.07 bits per heavy atom. The molecule has 0 aliphatic heterocycles. The number of rotatable bonds is 8. The highest BCUT2D eigenvalue weighted by atomic mass is 32.2. The molecule has 29 heavy (non-hydrogen) atoms. The summed E-state index contributed by atoms with van der Waals surface area (Å²) in [7, 11) is 3.79. The van der Waals surface area contributed by atoms with Crippen LogP contribution in [0.15, 0.2) is 41.3 Å². The van der Waals surface area contributed by atoms with E-state index in [0.29, 0.717) is 17.2 Å². The number of methoxy groups -OCH3 is 3. The van der Waals surface area contributed by atoms with E-state index in [-0.39, 0.29) is 10.5 Å². The van der Waals surface area contributed by atoms with Gasteiger partial charge in [-0.15, -0.1) is 0 Å². The number of amides is 1. The van der Waals surface area contributed by atoms with E-state index >= 15 is 0 Å². The maximum absolute atomic E-state index is 12.7. The van der Waals surface area contributed by atoms with Crippen LogP contribution in [-0.4, -0.2) is 54.1 Å². The fourth-order valence-corrected chi connectivity index (χ4v) is 3.67. The Morgan fingerprint density at radius 1 is 1.00 bits per heavy atom. The van der Waals surface area contributed by atoms with Crippen LogP contribution in [0.3, 0.4) is 0 Å². The van der Waals surface area contributed by atoms with Crippen molar-refractivity contribution in [3.05, 3.63) is 47.5 Å². The lowest BCUT2D eigenvalue weighted by molar-refractivity contribution is 0.0939. The zero-order valence-corrected chi connectivity index (χ0v) is 18.2. The summed E-state index contributed by atoms with van der Waals surface area (Å²) in [6.07, 6.45) is 0. The third-order valence-electron chi connectivity index (χ3n) is 4.41. The number of carbonyl (C=O) groups excluding carboxylic acids is 1. The average Bonchev–Trinajstić information content (AvgIpc) is 2.72. The van der Waals surface area contributed by atoms with Crippen LogP contribution in [0.1, 0.15) is 28.9 Å². The summed E-state index contributed by atoms with van der Waals surface area (Å²) in [5, 5.41) is 2.86. The van der Waals surface area contributed by atoms with Crippen LogP contribution in [-0.2, 0) is 10.0 Å². The topological polar surface area (TPSA) is 94.2 Å². The van der Waals surface area contributed by atoms with Gasteiger partial charge in [0.05, 0.1) is 32.3 Å². The Kier molecular flexibility index (Phi) is 7.10. The van der Waals surface area contributed by atoms with Gasteiger partial charge in [-0.3, -0.25) is 4.79 Å². The Hall–Kier alpha value is -2.78. The third-order valence-corrected chi connectivity index (χ3v) is 6.22. The average molecular weight is 423 g/mol. The number of hydrogen-bond acceptors (Lipinski definition) is 6. The summed E-state index contributed by atoms with van der Waals surface area (Å²) in [6.45, 7) is 1.80. The lowest BCUT2D eigenvalue weighted by atomic mass is 10.1. The van der Waals surface area contributed by atoms with Gasteiger partial charge >= 0.3 is 0 Å². The van der Waals surface area contributed by atoms with E-state index in [1.54, 1.807) is 25.1 Å². The van der Waals surface area contributed by atoms with Crippen LogP contribution in [0.25, 0.3) is 0 Å². The number of nitrogens with zero attached hydrogens (tertiary/aromatic N) is 1. The van der Waals surface area contributed by atoms with Crippen LogP contribution in [0.2, 0.25) is 0 Å². The highest BCUT2D eigenvalue weighted by molar-refractivity contribution is 7.89. The van der Waals surface area contributed by atoms with Crippen molar-refractivity contribution in [2.24, 2.45) is 0 Å². The SMILES string of the molecule is COc1cc(C(C)NC(=O)c2cccc(S(=O)(=O)N(C)C)c2)cc(OC)c1OC. The first-order chi connectivity index (χ1) is 13.6. The zero-order valence-electron chi connectivity index (χ0n) is 17.3. The van der Waals surface area contributed by atoms with Gasteiger partial charge in [0.25, 0.3) is 5.91 Å². The number of hydrogen-bond donors (Lipinski definition) is 1. The molecule has 1 unspecified atom stereocenters. The molecule has 1 atom stereocenters. The largest absolute Gasteiger partial charge is 0.493 e. The summed E-state index contributed by atoms with van der Waals surface area (Å²) < 4.78 is 41.7. The maximum atomic E-state index is 12.7. The van der Waals surface area contributed by atoms with E-state index < -0.39 is 22.0 Å². The lowest BCUT2D eigenvalue weighted by Gasteiger charge is -2.19. The fraction of sp³-hybridized carbons (Fsp3) is 0.350. The molecule has 0 aliphatic carbocycles. The first-order valence-corrected chi connectivity index (χ1v) is 10.2. The van der Waals surface area contributed by atoms with Crippen LogP contribution in [0.4, 0.5) is 0 Å². The highest BCUT2D eigenvalue weighted by Gasteiger charge is 2.21. The number of ether oxygens (including phenoxy) is 3. The Bertz CT molecular complexity index is 963. The molecule has 0 spiro atoms. The lowest BCUT2D eigenvalue weighted by Crippen LogP contribution is -2.27. The number of benzene rings is 2.